The van der Waals surface area contributed by atoms with Gasteiger partial charge in [-0.2, -0.15) is 0 Å². The van der Waals surface area contributed by atoms with Crippen molar-refractivity contribution in [3.8, 4) is 11.8 Å². The van der Waals surface area contributed by atoms with E-state index < -0.39 is 24.1 Å². The number of hydrogen-bond acceptors (Lipinski definition) is 4. The molecule has 4 nitrogen and oxygen atoms in total. The van der Waals surface area contributed by atoms with Gasteiger partial charge in [-0.05, 0) is 23.3 Å². The molecular formula is C24H22O4. The molecule has 0 aliphatic heterocycles. The standard InChI is InChI=1S/C24H22O4/c1-19(25)27-23(15-13-21-9-5-3-6-10-21)17-18-24(28-20(2)26)16-14-22-11-7-4-8-12-22/h3-16,23-24H,1-2H3/b15-13+,16-14+. The Morgan fingerprint density at radius 3 is 1.39 bits per heavy atom. The van der Waals surface area contributed by atoms with Crippen molar-refractivity contribution in [2.24, 2.45) is 0 Å². The van der Waals surface area contributed by atoms with E-state index in [0.29, 0.717) is 0 Å². The van der Waals surface area contributed by atoms with E-state index in [2.05, 4.69) is 11.8 Å². The minimum Gasteiger partial charge on any atom is -0.445 e. The van der Waals surface area contributed by atoms with Gasteiger partial charge < -0.3 is 9.47 Å². The van der Waals surface area contributed by atoms with Crippen molar-refractivity contribution in [1.82, 2.24) is 0 Å². The fourth-order valence-corrected chi connectivity index (χ4v) is 2.28. The van der Waals surface area contributed by atoms with Gasteiger partial charge in [-0.25, -0.2) is 0 Å². The maximum Gasteiger partial charge on any atom is 0.304 e. The van der Waals surface area contributed by atoms with Crippen LogP contribution in [0.15, 0.2) is 72.8 Å². The highest BCUT2D eigenvalue weighted by atomic mass is 16.5. The van der Waals surface area contributed by atoms with Gasteiger partial charge in [0.15, 0.2) is 12.2 Å². The third kappa shape index (κ3) is 8.20. The summed E-state index contributed by atoms with van der Waals surface area (Å²) in [5.41, 5.74) is 1.92. The zero-order chi connectivity index (χ0) is 20.2. The molecule has 2 unspecified atom stereocenters. The minimum atomic E-state index is -0.749. The lowest BCUT2D eigenvalue weighted by molar-refractivity contribution is -0.143. The molecule has 0 saturated heterocycles. The lowest BCUT2D eigenvalue weighted by atomic mass is 10.1. The number of ether oxygens (including phenoxy) is 2. The third-order valence-corrected chi connectivity index (χ3v) is 3.48. The van der Waals surface area contributed by atoms with Crippen LogP contribution in [0.25, 0.3) is 12.2 Å². The largest absolute Gasteiger partial charge is 0.445 e. The van der Waals surface area contributed by atoms with Crippen LogP contribution in [0.5, 0.6) is 0 Å². The average molecular weight is 374 g/mol. The van der Waals surface area contributed by atoms with Gasteiger partial charge in [0.05, 0.1) is 0 Å². The maximum absolute atomic E-state index is 11.4. The SMILES string of the molecule is CC(=O)OC(C#CC(/C=C/c1ccccc1)OC(C)=O)/C=C/c1ccccc1. The van der Waals surface area contributed by atoms with Gasteiger partial charge in [0.1, 0.15) is 0 Å². The van der Waals surface area contributed by atoms with Crippen molar-refractivity contribution in [3.05, 3.63) is 83.9 Å². The van der Waals surface area contributed by atoms with E-state index in [-0.39, 0.29) is 0 Å². The second-order valence-corrected chi connectivity index (χ2v) is 5.89. The minimum absolute atomic E-state index is 0.444. The summed E-state index contributed by atoms with van der Waals surface area (Å²) < 4.78 is 10.5. The van der Waals surface area contributed by atoms with Gasteiger partial charge in [-0.1, -0.05) is 84.7 Å². The lowest BCUT2D eigenvalue weighted by Crippen LogP contribution is -2.15. The normalized spacial score (nSPS) is 12.8. The number of benzene rings is 2. The van der Waals surface area contributed by atoms with Crippen molar-refractivity contribution in [3.63, 3.8) is 0 Å². The quantitative estimate of drug-likeness (QED) is 0.559. The fourth-order valence-electron chi connectivity index (χ4n) is 2.28. The fraction of sp³-hybridized carbons (Fsp3) is 0.167. The van der Waals surface area contributed by atoms with E-state index in [1.54, 1.807) is 12.2 Å². The molecule has 0 fully saturated rings. The number of hydrogen-bond donors (Lipinski definition) is 0. The van der Waals surface area contributed by atoms with E-state index in [0.717, 1.165) is 11.1 Å². The molecule has 28 heavy (non-hydrogen) atoms. The molecule has 0 N–H and O–H groups in total. The first-order valence-electron chi connectivity index (χ1n) is 8.85. The summed E-state index contributed by atoms with van der Waals surface area (Å²) in [5.74, 6) is 4.82. The zero-order valence-corrected chi connectivity index (χ0v) is 15.9. The van der Waals surface area contributed by atoms with E-state index in [4.69, 9.17) is 9.47 Å². The molecule has 0 bridgehead atoms. The number of carbonyl (C=O) groups is 2. The van der Waals surface area contributed by atoms with Crippen LogP contribution in [-0.2, 0) is 19.1 Å². The van der Waals surface area contributed by atoms with Gasteiger partial charge >= 0.3 is 11.9 Å². The Morgan fingerprint density at radius 1 is 0.714 bits per heavy atom. The van der Waals surface area contributed by atoms with Crippen LogP contribution in [-0.4, -0.2) is 24.1 Å². The molecule has 0 aliphatic rings. The molecular weight excluding hydrogens is 352 g/mol. The molecule has 0 radical (unpaired) electrons. The molecule has 0 aliphatic carbocycles. The molecule has 142 valence electrons. The third-order valence-electron chi connectivity index (χ3n) is 3.48. The Kier molecular flexibility index (Phi) is 8.29. The van der Waals surface area contributed by atoms with E-state index >= 15 is 0 Å². The molecule has 4 heteroatoms. The Bertz CT molecular complexity index is 813. The van der Waals surface area contributed by atoms with Crippen molar-refractivity contribution in [2.75, 3.05) is 0 Å². The van der Waals surface area contributed by atoms with Crippen LogP contribution in [0.1, 0.15) is 25.0 Å². The molecule has 0 saturated carbocycles. The molecule has 0 amide bonds. The molecule has 0 aromatic heterocycles. The molecule has 2 rings (SSSR count). The molecule has 2 aromatic carbocycles. The summed E-state index contributed by atoms with van der Waals surface area (Å²) in [6, 6.07) is 19.2. The molecule has 2 atom stereocenters. The number of rotatable bonds is 6. The molecule has 0 heterocycles. The Morgan fingerprint density at radius 2 is 1.07 bits per heavy atom. The van der Waals surface area contributed by atoms with Crippen LogP contribution < -0.4 is 0 Å². The Labute approximate surface area is 165 Å². The first-order valence-corrected chi connectivity index (χ1v) is 8.85. The smallest absolute Gasteiger partial charge is 0.304 e. The average Bonchev–Trinajstić information content (AvgIpc) is 2.68. The van der Waals surface area contributed by atoms with Crippen LogP contribution in [0, 0.1) is 11.8 Å². The summed E-state index contributed by atoms with van der Waals surface area (Å²) in [6.45, 7) is 2.65. The Balaban J connectivity index is 2.18. The lowest BCUT2D eigenvalue weighted by Gasteiger charge is -2.08. The van der Waals surface area contributed by atoms with Gasteiger partial charge in [-0.15, -0.1) is 0 Å². The summed E-state index contributed by atoms with van der Waals surface area (Å²) in [5, 5.41) is 0. The van der Waals surface area contributed by atoms with Crippen LogP contribution in [0.4, 0.5) is 0 Å². The van der Waals surface area contributed by atoms with Gasteiger partial charge in [0.2, 0.25) is 0 Å². The molecule has 2 aromatic rings. The van der Waals surface area contributed by atoms with E-state index in [1.807, 2.05) is 72.8 Å². The second kappa shape index (κ2) is 11.2. The molecule has 0 spiro atoms. The van der Waals surface area contributed by atoms with Crippen molar-refractivity contribution in [1.29, 1.82) is 0 Å². The van der Waals surface area contributed by atoms with Gasteiger partial charge in [-0.3, -0.25) is 9.59 Å². The first kappa shape index (κ1) is 20.7. The van der Waals surface area contributed by atoms with E-state index in [9.17, 15) is 9.59 Å². The maximum atomic E-state index is 11.4. The highest BCUT2D eigenvalue weighted by Gasteiger charge is 2.07. The van der Waals surface area contributed by atoms with Crippen LogP contribution in [0.3, 0.4) is 0 Å². The van der Waals surface area contributed by atoms with Crippen molar-refractivity contribution >= 4 is 24.1 Å². The summed E-state index contributed by atoms with van der Waals surface area (Å²) in [4.78, 5) is 22.8. The topological polar surface area (TPSA) is 52.6 Å². The highest BCUT2D eigenvalue weighted by Crippen LogP contribution is 2.06. The predicted octanol–water partition coefficient (Wildman–Crippen LogP) is 4.28. The second-order valence-electron chi connectivity index (χ2n) is 5.89. The van der Waals surface area contributed by atoms with Crippen molar-refractivity contribution in [2.45, 2.75) is 26.1 Å². The van der Waals surface area contributed by atoms with E-state index in [1.165, 1.54) is 13.8 Å². The number of esters is 2. The summed E-state index contributed by atoms with van der Waals surface area (Å²) in [6.07, 6.45) is 5.53. The Hall–Kier alpha value is -3.58. The van der Waals surface area contributed by atoms with Gasteiger partial charge in [0.25, 0.3) is 0 Å². The van der Waals surface area contributed by atoms with Gasteiger partial charge in [0, 0.05) is 13.8 Å². The van der Waals surface area contributed by atoms with Crippen LogP contribution in [0.2, 0.25) is 0 Å². The monoisotopic (exact) mass is 374 g/mol. The predicted molar refractivity (Wildman–Crippen MR) is 110 cm³/mol. The summed E-state index contributed by atoms with van der Waals surface area (Å²) in [7, 11) is 0. The highest BCUT2D eigenvalue weighted by molar-refractivity contribution is 5.68. The zero-order valence-electron chi connectivity index (χ0n) is 15.9. The van der Waals surface area contributed by atoms with Crippen molar-refractivity contribution < 1.29 is 19.1 Å². The van der Waals surface area contributed by atoms with Crippen LogP contribution >= 0.6 is 0 Å². The summed E-state index contributed by atoms with van der Waals surface area (Å²) >= 11 is 0. The number of carbonyl (C=O) groups excluding carboxylic acids is 2. The first-order chi connectivity index (χ1) is 13.5.